The Morgan fingerprint density at radius 1 is 0.298 bits per heavy atom. The standard InChI is InChI=1S/C54H32N2O/c1-2-11-36(12-3-1)55-47-18-8-6-15-41(47)45-31-34(23-29-49(45)55)35-24-30-50-46(32-35)42-16-7-9-19-48(42)56(50)37-25-21-33(22-26-37)38-27-28-44-40-14-5-4-13-39(40)43-17-10-20-51-52(43)53(44)54(38)57-51/h1-32H. The number of benzene rings is 10. The molecule has 0 aliphatic carbocycles. The van der Waals surface area contributed by atoms with Gasteiger partial charge in [-0.05, 0) is 111 Å². The van der Waals surface area contributed by atoms with Gasteiger partial charge in [-0.15, -0.1) is 0 Å². The average Bonchev–Trinajstić information content (AvgIpc) is 3.94. The largest absolute Gasteiger partial charge is 0.455 e. The van der Waals surface area contributed by atoms with Crippen molar-refractivity contribution in [2.45, 2.75) is 0 Å². The number of hydrogen-bond donors (Lipinski definition) is 0. The minimum absolute atomic E-state index is 0.936. The van der Waals surface area contributed by atoms with E-state index in [2.05, 4.69) is 203 Å². The molecule has 3 aromatic heterocycles. The molecule has 13 aromatic rings. The van der Waals surface area contributed by atoms with Crippen molar-refractivity contribution in [2.75, 3.05) is 0 Å². The maximum Gasteiger partial charge on any atom is 0.143 e. The molecule has 0 aliphatic rings. The van der Waals surface area contributed by atoms with Crippen molar-refractivity contribution < 1.29 is 4.42 Å². The van der Waals surface area contributed by atoms with Gasteiger partial charge in [-0.3, -0.25) is 0 Å². The van der Waals surface area contributed by atoms with Crippen LogP contribution in [-0.4, -0.2) is 9.13 Å². The van der Waals surface area contributed by atoms with Crippen LogP contribution >= 0.6 is 0 Å². The monoisotopic (exact) mass is 724 g/mol. The van der Waals surface area contributed by atoms with Crippen LogP contribution in [0.2, 0.25) is 0 Å². The van der Waals surface area contributed by atoms with Gasteiger partial charge in [0.2, 0.25) is 0 Å². The number of para-hydroxylation sites is 3. The number of rotatable bonds is 4. The van der Waals surface area contributed by atoms with Crippen LogP contribution in [0.15, 0.2) is 199 Å². The number of aromatic nitrogens is 2. The maximum atomic E-state index is 6.70. The summed E-state index contributed by atoms with van der Waals surface area (Å²) in [5.41, 5.74) is 13.6. The zero-order valence-electron chi connectivity index (χ0n) is 30.8. The number of nitrogens with zero attached hydrogens (tertiary/aromatic N) is 2. The zero-order chi connectivity index (χ0) is 37.2. The Bertz CT molecular complexity index is 3730. The van der Waals surface area contributed by atoms with Gasteiger partial charge in [-0.1, -0.05) is 121 Å². The Hall–Kier alpha value is -7.62. The number of hydrogen-bond acceptors (Lipinski definition) is 1. The second-order valence-corrected chi connectivity index (χ2v) is 15.2. The van der Waals surface area contributed by atoms with Crippen LogP contribution in [0.4, 0.5) is 0 Å². The molecule has 13 rings (SSSR count). The molecule has 10 aromatic carbocycles. The summed E-state index contributed by atoms with van der Waals surface area (Å²) in [7, 11) is 0. The van der Waals surface area contributed by atoms with Gasteiger partial charge in [0.15, 0.2) is 0 Å². The van der Waals surface area contributed by atoms with E-state index in [9.17, 15) is 0 Å². The number of fused-ring (bicyclic) bond motifs is 9. The van der Waals surface area contributed by atoms with E-state index in [1.807, 2.05) is 0 Å². The fourth-order valence-corrected chi connectivity index (χ4v) is 9.78. The molecule has 0 amide bonds. The van der Waals surface area contributed by atoms with Gasteiger partial charge in [0.1, 0.15) is 11.2 Å². The Labute approximate surface area is 327 Å². The molecule has 57 heavy (non-hydrogen) atoms. The summed E-state index contributed by atoms with van der Waals surface area (Å²) in [6.07, 6.45) is 0. The highest BCUT2D eigenvalue weighted by atomic mass is 16.3. The lowest BCUT2D eigenvalue weighted by Crippen LogP contribution is -1.94. The first-order chi connectivity index (χ1) is 28.3. The highest BCUT2D eigenvalue weighted by Crippen LogP contribution is 2.46. The molecule has 3 heterocycles. The van der Waals surface area contributed by atoms with Crippen LogP contribution < -0.4 is 0 Å². The third kappa shape index (κ3) is 4.26. The number of furan rings is 1. The van der Waals surface area contributed by atoms with Crippen molar-refractivity contribution >= 4 is 87.1 Å². The Balaban J connectivity index is 0.938. The van der Waals surface area contributed by atoms with Gasteiger partial charge in [-0.25, -0.2) is 0 Å². The lowest BCUT2D eigenvalue weighted by molar-refractivity contribution is 0.670. The molecule has 0 aliphatic heterocycles. The maximum absolute atomic E-state index is 6.70. The van der Waals surface area contributed by atoms with E-state index in [0.29, 0.717) is 0 Å². The van der Waals surface area contributed by atoms with Crippen LogP contribution in [0.5, 0.6) is 0 Å². The molecular formula is C54H32N2O. The third-order valence-electron chi connectivity index (χ3n) is 12.3. The zero-order valence-corrected chi connectivity index (χ0v) is 30.8. The van der Waals surface area contributed by atoms with Crippen molar-refractivity contribution in [1.82, 2.24) is 9.13 Å². The average molecular weight is 725 g/mol. The molecule has 0 fully saturated rings. The van der Waals surface area contributed by atoms with E-state index in [0.717, 1.165) is 28.0 Å². The van der Waals surface area contributed by atoms with E-state index in [1.165, 1.54) is 92.7 Å². The fraction of sp³-hybridized carbons (Fsp3) is 0. The quantitative estimate of drug-likeness (QED) is 0.166. The van der Waals surface area contributed by atoms with Crippen LogP contribution in [0, 0.1) is 0 Å². The van der Waals surface area contributed by atoms with Gasteiger partial charge in [0, 0.05) is 49.3 Å². The first-order valence-electron chi connectivity index (χ1n) is 19.6. The summed E-state index contributed by atoms with van der Waals surface area (Å²) in [6, 6.07) is 70.6. The van der Waals surface area contributed by atoms with E-state index >= 15 is 0 Å². The molecule has 0 radical (unpaired) electrons. The Morgan fingerprint density at radius 2 is 0.789 bits per heavy atom. The van der Waals surface area contributed by atoms with Crippen LogP contribution in [0.1, 0.15) is 0 Å². The van der Waals surface area contributed by atoms with Crippen LogP contribution in [0.25, 0.3) is 121 Å². The predicted molar refractivity (Wildman–Crippen MR) is 239 cm³/mol. The van der Waals surface area contributed by atoms with E-state index in [-0.39, 0.29) is 0 Å². The van der Waals surface area contributed by atoms with Crippen molar-refractivity contribution in [2.24, 2.45) is 0 Å². The fourth-order valence-electron chi connectivity index (χ4n) is 9.78. The van der Waals surface area contributed by atoms with E-state index in [4.69, 9.17) is 4.42 Å². The highest BCUT2D eigenvalue weighted by Gasteiger charge is 2.21. The normalized spacial score (nSPS) is 12.2. The van der Waals surface area contributed by atoms with Gasteiger partial charge in [0.05, 0.1) is 22.1 Å². The Morgan fingerprint density at radius 3 is 1.42 bits per heavy atom. The molecule has 0 N–H and O–H groups in total. The molecule has 0 spiro atoms. The first kappa shape index (κ1) is 30.7. The van der Waals surface area contributed by atoms with Crippen molar-refractivity contribution in [3.8, 4) is 33.6 Å². The van der Waals surface area contributed by atoms with Gasteiger partial charge >= 0.3 is 0 Å². The molecule has 0 saturated heterocycles. The van der Waals surface area contributed by atoms with Gasteiger partial charge in [-0.2, -0.15) is 0 Å². The second-order valence-electron chi connectivity index (χ2n) is 15.2. The topological polar surface area (TPSA) is 23.0 Å². The smallest absolute Gasteiger partial charge is 0.143 e. The summed E-state index contributed by atoms with van der Waals surface area (Å²) in [5.74, 6) is 0. The SMILES string of the molecule is c1ccc(-n2c3ccccc3c3cc(-c4ccc5c(c4)c4ccccc4n5-c4ccc(-c5ccc6c7ccccc7c7cccc8oc5c6c87)cc4)ccc32)cc1. The molecular weight excluding hydrogens is 693 g/mol. The molecule has 3 heteroatoms. The van der Waals surface area contributed by atoms with E-state index < -0.39 is 0 Å². The lowest BCUT2D eigenvalue weighted by atomic mass is 9.92. The third-order valence-corrected chi connectivity index (χ3v) is 12.3. The summed E-state index contributed by atoms with van der Waals surface area (Å²) in [5, 5.41) is 12.4. The van der Waals surface area contributed by atoms with Gasteiger partial charge < -0.3 is 13.6 Å². The summed E-state index contributed by atoms with van der Waals surface area (Å²) in [6.45, 7) is 0. The lowest BCUT2D eigenvalue weighted by Gasteiger charge is -2.11. The van der Waals surface area contributed by atoms with Crippen LogP contribution in [0.3, 0.4) is 0 Å². The minimum atomic E-state index is 0.936. The molecule has 264 valence electrons. The molecule has 0 bridgehead atoms. The predicted octanol–water partition coefficient (Wildman–Crippen LogP) is 14.9. The second kappa shape index (κ2) is 11.5. The molecule has 3 nitrogen and oxygen atoms in total. The van der Waals surface area contributed by atoms with Gasteiger partial charge in [0.25, 0.3) is 0 Å². The summed E-state index contributed by atoms with van der Waals surface area (Å²) in [4.78, 5) is 0. The van der Waals surface area contributed by atoms with Crippen LogP contribution in [-0.2, 0) is 0 Å². The molecule has 0 saturated carbocycles. The first-order valence-corrected chi connectivity index (χ1v) is 19.6. The Kier molecular flexibility index (Phi) is 6.16. The molecule has 0 atom stereocenters. The minimum Gasteiger partial charge on any atom is -0.455 e. The summed E-state index contributed by atoms with van der Waals surface area (Å²) >= 11 is 0. The van der Waals surface area contributed by atoms with Crippen molar-refractivity contribution in [3.63, 3.8) is 0 Å². The highest BCUT2D eigenvalue weighted by molar-refractivity contribution is 6.34. The molecule has 0 unspecified atom stereocenters. The van der Waals surface area contributed by atoms with E-state index in [1.54, 1.807) is 0 Å². The van der Waals surface area contributed by atoms with Crippen molar-refractivity contribution in [1.29, 1.82) is 0 Å². The summed E-state index contributed by atoms with van der Waals surface area (Å²) < 4.78 is 11.5. The van der Waals surface area contributed by atoms with Crippen molar-refractivity contribution in [3.05, 3.63) is 194 Å².